The molecule has 2 saturated carbocycles. The van der Waals surface area contributed by atoms with Gasteiger partial charge in [-0.2, -0.15) is 18.2 Å². The van der Waals surface area contributed by atoms with Gasteiger partial charge in [0.05, 0.1) is 11.8 Å². The molecule has 2 heterocycles. The summed E-state index contributed by atoms with van der Waals surface area (Å²) in [5, 5.41) is 6.65. The van der Waals surface area contributed by atoms with Gasteiger partial charge < -0.3 is 16.4 Å². The van der Waals surface area contributed by atoms with Gasteiger partial charge in [-0.3, -0.25) is 4.57 Å². The highest BCUT2D eigenvalue weighted by molar-refractivity contribution is 5.76. The number of hydrogen-bond acceptors (Lipinski definition) is 6. The summed E-state index contributed by atoms with van der Waals surface area (Å²) < 4.78 is 41.9. The minimum atomic E-state index is -4.42. The van der Waals surface area contributed by atoms with Gasteiger partial charge in [0.2, 0.25) is 11.9 Å². The van der Waals surface area contributed by atoms with Crippen LogP contribution in [0.3, 0.4) is 0 Å². The highest BCUT2D eigenvalue weighted by Gasteiger charge is 2.32. The van der Waals surface area contributed by atoms with Crippen molar-refractivity contribution in [2.45, 2.75) is 76.0 Å². The average molecular weight is 488 g/mol. The van der Waals surface area contributed by atoms with Gasteiger partial charge in [-0.1, -0.05) is 18.9 Å². The van der Waals surface area contributed by atoms with Crippen molar-refractivity contribution in [1.29, 1.82) is 0 Å². The largest absolute Gasteiger partial charge is 0.416 e. The van der Waals surface area contributed by atoms with Crippen LogP contribution in [-0.4, -0.2) is 31.6 Å². The number of nitrogens with two attached hydrogens (primary N) is 1. The lowest BCUT2D eigenvalue weighted by molar-refractivity contribution is -0.137. The fourth-order valence-electron chi connectivity index (χ4n) is 5.48. The number of fused-ring (bicyclic) bond motifs is 1. The molecule has 2 aliphatic rings. The molecule has 0 bridgehead atoms. The van der Waals surface area contributed by atoms with Crippen LogP contribution in [0.25, 0.3) is 11.2 Å². The van der Waals surface area contributed by atoms with E-state index in [-0.39, 0.29) is 11.6 Å². The molecule has 0 radical (unpaired) electrons. The monoisotopic (exact) mass is 487 g/mol. The third kappa shape index (κ3) is 5.07. The SMILES string of the molecule is CC1(Nc2ncc3nc(Nc4cccc(C(F)(F)F)c4)n([C@H]4CC[C@@H](CN)CC4)c3n2)CCCC1. The minimum absolute atomic E-state index is 0.0309. The van der Waals surface area contributed by atoms with Crippen molar-refractivity contribution in [2.24, 2.45) is 11.7 Å². The molecule has 0 spiro atoms. The predicted octanol–water partition coefficient (Wildman–Crippen LogP) is 6.02. The number of nitrogens with one attached hydrogen (secondary N) is 2. The molecule has 3 aromatic rings. The van der Waals surface area contributed by atoms with Gasteiger partial charge in [0, 0.05) is 17.3 Å². The van der Waals surface area contributed by atoms with Crippen LogP contribution in [0.5, 0.6) is 0 Å². The van der Waals surface area contributed by atoms with E-state index < -0.39 is 11.7 Å². The molecule has 10 heteroatoms. The molecular weight excluding hydrogens is 455 g/mol. The van der Waals surface area contributed by atoms with Crippen LogP contribution in [0.15, 0.2) is 30.5 Å². The lowest BCUT2D eigenvalue weighted by Gasteiger charge is -2.30. The molecule has 35 heavy (non-hydrogen) atoms. The van der Waals surface area contributed by atoms with Crippen molar-refractivity contribution in [3.05, 3.63) is 36.0 Å². The summed E-state index contributed by atoms with van der Waals surface area (Å²) in [5.74, 6) is 1.54. The first-order valence-electron chi connectivity index (χ1n) is 12.4. The standard InChI is InChI=1S/C25H32F3N7/c1-24(11-2-3-12-24)34-22-30-15-20-21(33-22)35(19-9-7-16(14-29)8-10-19)23(32-20)31-18-6-4-5-17(13-18)25(26,27)28/h4-6,13,15-16,19H,2-3,7-12,14,29H2,1H3,(H,31,32)(H,30,33,34)/t16-,19+. The van der Waals surface area contributed by atoms with Crippen molar-refractivity contribution in [1.82, 2.24) is 19.5 Å². The van der Waals surface area contributed by atoms with Crippen molar-refractivity contribution >= 4 is 28.7 Å². The third-order valence-corrected chi connectivity index (χ3v) is 7.51. The number of benzene rings is 1. The molecule has 0 atom stereocenters. The van der Waals surface area contributed by atoms with Gasteiger partial charge in [0.15, 0.2) is 5.65 Å². The highest BCUT2D eigenvalue weighted by Crippen LogP contribution is 2.38. The minimum Gasteiger partial charge on any atom is -0.349 e. The van der Waals surface area contributed by atoms with Gasteiger partial charge in [0.25, 0.3) is 0 Å². The van der Waals surface area contributed by atoms with E-state index in [1.54, 1.807) is 12.3 Å². The highest BCUT2D eigenvalue weighted by atomic mass is 19.4. The van der Waals surface area contributed by atoms with Gasteiger partial charge in [0.1, 0.15) is 5.52 Å². The fourth-order valence-corrected chi connectivity index (χ4v) is 5.48. The summed E-state index contributed by atoms with van der Waals surface area (Å²) in [6.07, 6.45) is 5.60. The average Bonchev–Trinajstić information content (AvgIpc) is 3.41. The fraction of sp³-hybridized carbons (Fsp3) is 0.560. The van der Waals surface area contributed by atoms with Gasteiger partial charge in [-0.05, 0) is 76.1 Å². The van der Waals surface area contributed by atoms with E-state index >= 15 is 0 Å². The Kier molecular flexibility index (Phi) is 6.33. The number of aromatic nitrogens is 4. The number of alkyl halides is 3. The topological polar surface area (TPSA) is 93.7 Å². The van der Waals surface area contributed by atoms with Crippen LogP contribution < -0.4 is 16.4 Å². The van der Waals surface area contributed by atoms with Gasteiger partial charge in [-0.25, -0.2) is 9.97 Å². The molecule has 1 aromatic carbocycles. The van der Waals surface area contributed by atoms with Crippen LogP contribution in [-0.2, 0) is 6.18 Å². The molecular formula is C25H32F3N7. The Morgan fingerprint density at radius 1 is 1.11 bits per heavy atom. The Morgan fingerprint density at radius 2 is 1.86 bits per heavy atom. The maximum absolute atomic E-state index is 13.3. The first kappa shape index (κ1) is 23.8. The number of halogens is 3. The molecule has 0 unspecified atom stereocenters. The van der Waals surface area contributed by atoms with Crippen molar-refractivity contribution in [3.63, 3.8) is 0 Å². The Bertz CT molecular complexity index is 1180. The van der Waals surface area contributed by atoms with E-state index in [0.29, 0.717) is 41.2 Å². The van der Waals surface area contributed by atoms with Crippen LogP contribution in [0.1, 0.15) is 69.9 Å². The van der Waals surface area contributed by atoms with E-state index in [2.05, 4.69) is 22.5 Å². The van der Waals surface area contributed by atoms with Crippen LogP contribution in [0.4, 0.5) is 30.8 Å². The number of nitrogens with zero attached hydrogens (tertiary/aromatic N) is 4. The van der Waals surface area contributed by atoms with Crippen molar-refractivity contribution in [3.8, 4) is 0 Å². The number of rotatable bonds is 6. The zero-order valence-electron chi connectivity index (χ0n) is 19.9. The maximum Gasteiger partial charge on any atom is 0.416 e. The smallest absolute Gasteiger partial charge is 0.349 e. The second-order valence-corrected chi connectivity index (χ2v) is 10.2. The predicted molar refractivity (Wildman–Crippen MR) is 131 cm³/mol. The zero-order chi connectivity index (χ0) is 24.6. The number of anilines is 3. The lowest BCUT2D eigenvalue weighted by Crippen LogP contribution is -2.31. The summed E-state index contributed by atoms with van der Waals surface area (Å²) in [6.45, 7) is 2.86. The molecule has 7 nitrogen and oxygen atoms in total. The van der Waals surface area contributed by atoms with E-state index in [1.165, 1.54) is 18.9 Å². The zero-order valence-corrected chi connectivity index (χ0v) is 19.9. The molecule has 2 aromatic heterocycles. The molecule has 0 amide bonds. The van der Waals surface area contributed by atoms with Crippen LogP contribution in [0.2, 0.25) is 0 Å². The Morgan fingerprint density at radius 3 is 2.54 bits per heavy atom. The molecule has 2 aliphatic carbocycles. The normalized spacial score (nSPS) is 22.4. The van der Waals surface area contributed by atoms with E-state index in [4.69, 9.17) is 15.7 Å². The summed E-state index contributed by atoms with van der Waals surface area (Å²) in [4.78, 5) is 14.1. The first-order chi connectivity index (χ1) is 16.7. The summed E-state index contributed by atoms with van der Waals surface area (Å²) >= 11 is 0. The number of imidazole rings is 1. The van der Waals surface area contributed by atoms with Crippen molar-refractivity contribution in [2.75, 3.05) is 17.2 Å². The Hall–Kier alpha value is -2.88. The molecule has 0 aliphatic heterocycles. The summed E-state index contributed by atoms with van der Waals surface area (Å²) in [5.41, 5.74) is 6.80. The summed E-state index contributed by atoms with van der Waals surface area (Å²) in [7, 11) is 0. The second-order valence-electron chi connectivity index (χ2n) is 10.2. The molecule has 188 valence electrons. The Balaban J connectivity index is 1.52. The van der Waals surface area contributed by atoms with Crippen molar-refractivity contribution < 1.29 is 13.2 Å². The van der Waals surface area contributed by atoms with Gasteiger partial charge in [-0.15, -0.1) is 0 Å². The number of hydrogen-bond donors (Lipinski definition) is 3. The molecule has 2 fully saturated rings. The summed E-state index contributed by atoms with van der Waals surface area (Å²) in [6, 6.07) is 5.31. The van der Waals surface area contributed by atoms with Crippen LogP contribution in [0, 0.1) is 5.92 Å². The third-order valence-electron chi connectivity index (χ3n) is 7.51. The van der Waals surface area contributed by atoms with E-state index in [1.807, 2.05) is 4.57 Å². The maximum atomic E-state index is 13.3. The van der Waals surface area contributed by atoms with Gasteiger partial charge >= 0.3 is 6.18 Å². The molecule has 5 rings (SSSR count). The lowest BCUT2D eigenvalue weighted by atomic mass is 9.86. The quantitative estimate of drug-likeness (QED) is 0.393. The van der Waals surface area contributed by atoms with Crippen LogP contribution >= 0.6 is 0 Å². The van der Waals surface area contributed by atoms with E-state index in [9.17, 15) is 13.2 Å². The second kappa shape index (κ2) is 9.29. The molecule has 0 saturated heterocycles. The molecule has 4 N–H and O–H groups in total. The first-order valence-corrected chi connectivity index (χ1v) is 12.4. The van der Waals surface area contributed by atoms with E-state index in [0.717, 1.165) is 50.7 Å². The Labute approximate surface area is 202 Å².